The lowest BCUT2D eigenvalue weighted by Gasteiger charge is -2.17. The van der Waals surface area contributed by atoms with Crippen molar-refractivity contribution in [1.29, 1.82) is 10.5 Å². The summed E-state index contributed by atoms with van der Waals surface area (Å²) in [6, 6.07) is 54.0. The molecule has 6 aromatic carbocycles. The van der Waals surface area contributed by atoms with Gasteiger partial charge in [-0.3, -0.25) is 4.98 Å². The molecular weight excluding hydrogens is 587 g/mol. The van der Waals surface area contributed by atoms with Crippen LogP contribution >= 0.6 is 0 Å². The quantitative estimate of drug-likeness (QED) is 0.199. The fourth-order valence-corrected chi connectivity index (χ4v) is 7.18. The molecule has 222 valence electrons. The molecule has 0 unspecified atom stereocenters. The molecule has 0 aliphatic carbocycles. The second-order valence-corrected chi connectivity index (χ2v) is 11.9. The van der Waals surface area contributed by atoms with Crippen LogP contribution < -0.4 is 0 Å². The Morgan fingerprint density at radius 3 is 1.58 bits per heavy atom. The van der Waals surface area contributed by atoms with Gasteiger partial charge in [0.2, 0.25) is 0 Å². The molecule has 0 radical (unpaired) electrons. The summed E-state index contributed by atoms with van der Waals surface area (Å²) in [5.74, 6) is 0. The van der Waals surface area contributed by atoms with E-state index in [-0.39, 0.29) is 0 Å². The Morgan fingerprint density at radius 2 is 1.02 bits per heavy atom. The lowest BCUT2D eigenvalue weighted by molar-refractivity contribution is 1.16. The molecule has 0 aliphatic rings. The molecule has 0 fully saturated rings. The highest BCUT2D eigenvalue weighted by atomic mass is 15.0. The summed E-state index contributed by atoms with van der Waals surface area (Å²) in [6.07, 6.45) is 1.83. The summed E-state index contributed by atoms with van der Waals surface area (Å²) in [5.41, 5.74) is 10.4. The highest BCUT2D eigenvalue weighted by molar-refractivity contribution is 6.10. The topological polar surface area (TPSA) is 70.3 Å². The zero-order valence-electron chi connectivity index (χ0n) is 25.7. The predicted octanol–water partition coefficient (Wildman–Crippen LogP) is 10.4. The Balaban J connectivity index is 1.27. The van der Waals surface area contributed by atoms with Crippen molar-refractivity contribution in [3.63, 3.8) is 0 Å². The zero-order chi connectivity index (χ0) is 32.2. The molecule has 3 aromatic heterocycles. The molecule has 3 heterocycles. The van der Waals surface area contributed by atoms with Gasteiger partial charge in [0, 0.05) is 44.6 Å². The number of aromatic nitrogens is 3. The van der Waals surface area contributed by atoms with Crippen molar-refractivity contribution >= 4 is 43.6 Å². The Kier molecular flexibility index (Phi) is 6.18. The highest BCUT2D eigenvalue weighted by Crippen LogP contribution is 2.39. The summed E-state index contributed by atoms with van der Waals surface area (Å²) in [6.45, 7) is 0. The summed E-state index contributed by atoms with van der Waals surface area (Å²) < 4.78 is 4.44. The number of nitriles is 2. The van der Waals surface area contributed by atoms with Gasteiger partial charge in [-0.15, -0.1) is 0 Å². The van der Waals surface area contributed by atoms with E-state index in [2.05, 4.69) is 106 Å². The third kappa shape index (κ3) is 4.13. The van der Waals surface area contributed by atoms with E-state index in [0.717, 1.165) is 66.6 Å². The van der Waals surface area contributed by atoms with Crippen LogP contribution in [0.3, 0.4) is 0 Å². The van der Waals surface area contributed by atoms with Gasteiger partial charge in [0.1, 0.15) is 6.07 Å². The fraction of sp³-hybridized carbons (Fsp3) is 0. The highest BCUT2D eigenvalue weighted by Gasteiger charge is 2.20. The van der Waals surface area contributed by atoms with E-state index in [1.54, 1.807) is 0 Å². The maximum Gasteiger partial charge on any atom is 0.101 e. The van der Waals surface area contributed by atoms with Gasteiger partial charge in [0.05, 0.1) is 50.6 Å². The van der Waals surface area contributed by atoms with Crippen molar-refractivity contribution in [3.05, 3.63) is 163 Å². The van der Waals surface area contributed by atoms with Crippen LogP contribution in [0.15, 0.2) is 152 Å². The molecule has 0 amide bonds. The third-order valence-electron chi connectivity index (χ3n) is 9.21. The molecule has 9 aromatic rings. The van der Waals surface area contributed by atoms with Crippen molar-refractivity contribution in [2.75, 3.05) is 0 Å². The Hall–Kier alpha value is -6.95. The standard InChI is InChI=1S/C43H25N5/c44-26-28-22-30(33-15-9-10-29(27-45)43(33)48-41-18-7-3-13-36(41)37-14-4-8-19-42(37)48)24-31(23-28)38-25-32(20-21-46-38)47-39-16-5-1-11-34(39)35-12-2-6-17-40(35)47/h1-25H. The fourth-order valence-electron chi connectivity index (χ4n) is 7.18. The molecule has 0 N–H and O–H groups in total. The van der Waals surface area contributed by atoms with Crippen molar-refractivity contribution in [2.45, 2.75) is 0 Å². The average molecular weight is 612 g/mol. The normalized spacial score (nSPS) is 11.3. The van der Waals surface area contributed by atoms with Gasteiger partial charge in [-0.1, -0.05) is 84.9 Å². The number of benzene rings is 6. The van der Waals surface area contributed by atoms with Gasteiger partial charge in [-0.2, -0.15) is 10.5 Å². The van der Waals surface area contributed by atoms with Crippen LogP contribution in [-0.4, -0.2) is 14.1 Å². The number of para-hydroxylation sites is 5. The van der Waals surface area contributed by atoms with E-state index < -0.39 is 0 Å². The van der Waals surface area contributed by atoms with Crippen molar-refractivity contribution in [3.8, 4) is 45.9 Å². The number of hydrogen-bond acceptors (Lipinski definition) is 3. The summed E-state index contributed by atoms with van der Waals surface area (Å²) >= 11 is 0. The SMILES string of the molecule is N#Cc1cc(-c2cc(-n3c4ccccc4c4ccccc43)ccn2)cc(-c2cccc(C#N)c2-n2c3ccccc3c3ccccc32)c1. The smallest absolute Gasteiger partial charge is 0.101 e. The van der Waals surface area contributed by atoms with Crippen LogP contribution in [-0.2, 0) is 0 Å². The Morgan fingerprint density at radius 1 is 0.479 bits per heavy atom. The van der Waals surface area contributed by atoms with Gasteiger partial charge in [0.25, 0.3) is 0 Å². The maximum absolute atomic E-state index is 10.4. The molecule has 9 rings (SSSR count). The number of hydrogen-bond donors (Lipinski definition) is 0. The van der Waals surface area contributed by atoms with Crippen molar-refractivity contribution < 1.29 is 0 Å². The molecule has 0 atom stereocenters. The number of rotatable bonds is 4. The molecule has 5 heteroatoms. The molecule has 0 saturated heterocycles. The second-order valence-electron chi connectivity index (χ2n) is 11.9. The molecule has 0 saturated carbocycles. The lowest BCUT2D eigenvalue weighted by atomic mass is 9.95. The van der Waals surface area contributed by atoms with E-state index in [4.69, 9.17) is 4.98 Å². The van der Waals surface area contributed by atoms with E-state index in [1.165, 1.54) is 10.8 Å². The zero-order valence-corrected chi connectivity index (χ0v) is 25.7. The first-order valence-electron chi connectivity index (χ1n) is 15.8. The van der Waals surface area contributed by atoms with Crippen LogP contribution in [0.1, 0.15) is 11.1 Å². The summed E-state index contributed by atoms with van der Waals surface area (Å²) in [7, 11) is 0. The first-order valence-corrected chi connectivity index (χ1v) is 15.8. The molecule has 0 aliphatic heterocycles. The first-order chi connectivity index (χ1) is 23.7. The van der Waals surface area contributed by atoms with Crippen molar-refractivity contribution in [1.82, 2.24) is 14.1 Å². The van der Waals surface area contributed by atoms with E-state index in [9.17, 15) is 10.5 Å². The van der Waals surface area contributed by atoms with Gasteiger partial charge in [0.15, 0.2) is 0 Å². The summed E-state index contributed by atoms with van der Waals surface area (Å²) in [4.78, 5) is 4.80. The Labute approximate surface area is 276 Å². The molecule has 48 heavy (non-hydrogen) atoms. The largest absolute Gasteiger partial charge is 0.309 e. The number of fused-ring (bicyclic) bond motifs is 6. The number of nitrogens with zero attached hydrogens (tertiary/aromatic N) is 5. The minimum Gasteiger partial charge on any atom is -0.309 e. The van der Waals surface area contributed by atoms with Gasteiger partial charge < -0.3 is 9.13 Å². The molecular formula is C43H25N5. The molecule has 0 bridgehead atoms. The van der Waals surface area contributed by atoms with Gasteiger partial charge in [-0.05, 0) is 66.2 Å². The summed E-state index contributed by atoms with van der Waals surface area (Å²) in [5, 5.41) is 25.2. The van der Waals surface area contributed by atoms with Gasteiger partial charge in [-0.25, -0.2) is 0 Å². The minimum atomic E-state index is 0.516. The van der Waals surface area contributed by atoms with Crippen LogP contribution in [0.25, 0.3) is 77.4 Å². The third-order valence-corrected chi connectivity index (χ3v) is 9.21. The van der Waals surface area contributed by atoms with E-state index in [1.807, 2.05) is 66.9 Å². The van der Waals surface area contributed by atoms with E-state index in [0.29, 0.717) is 11.1 Å². The minimum absolute atomic E-state index is 0.516. The van der Waals surface area contributed by atoms with Crippen LogP contribution in [0, 0.1) is 22.7 Å². The van der Waals surface area contributed by atoms with Crippen LogP contribution in [0.2, 0.25) is 0 Å². The van der Waals surface area contributed by atoms with Crippen molar-refractivity contribution in [2.24, 2.45) is 0 Å². The average Bonchev–Trinajstić information content (AvgIpc) is 3.67. The lowest BCUT2D eigenvalue weighted by Crippen LogP contribution is -2.01. The van der Waals surface area contributed by atoms with Gasteiger partial charge >= 0.3 is 0 Å². The first kappa shape index (κ1) is 27.4. The predicted molar refractivity (Wildman–Crippen MR) is 193 cm³/mol. The van der Waals surface area contributed by atoms with Crippen LogP contribution in [0.5, 0.6) is 0 Å². The Bertz CT molecular complexity index is 2710. The van der Waals surface area contributed by atoms with E-state index >= 15 is 0 Å². The monoisotopic (exact) mass is 611 g/mol. The molecule has 5 nitrogen and oxygen atoms in total. The maximum atomic E-state index is 10.4. The van der Waals surface area contributed by atoms with Crippen LogP contribution in [0.4, 0.5) is 0 Å². The number of pyridine rings is 1. The molecule has 0 spiro atoms. The second kappa shape index (κ2) is 10.8.